The van der Waals surface area contributed by atoms with E-state index in [4.69, 9.17) is 10.5 Å². The lowest BCUT2D eigenvalue weighted by molar-refractivity contribution is 0.115. The van der Waals surface area contributed by atoms with Crippen molar-refractivity contribution in [3.63, 3.8) is 0 Å². The Kier molecular flexibility index (Phi) is 6.98. The summed E-state index contributed by atoms with van der Waals surface area (Å²) < 4.78 is 5.16. The molecule has 0 amide bonds. The van der Waals surface area contributed by atoms with Crippen molar-refractivity contribution in [3.8, 4) is 0 Å². The first-order valence-corrected chi connectivity index (χ1v) is 6.31. The highest BCUT2D eigenvalue weighted by Crippen LogP contribution is 2.21. The van der Waals surface area contributed by atoms with Gasteiger partial charge in [0.15, 0.2) is 0 Å². The molecule has 3 nitrogen and oxygen atoms in total. The Labute approximate surface area is 94.0 Å². The Balaban J connectivity index is 2.36. The molecule has 0 radical (unpaired) electrons. The molecule has 0 spiro atoms. The molecule has 1 aliphatic carbocycles. The van der Waals surface area contributed by atoms with Gasteiger partial charge in [-0.05, 0) is 12.8 Å². The zero-order valence-electron chi connectivity index (χ0n) is 10.1. The first-order chi connectivity index (χ1) is 7.38. The zero-order valence-corrected chi connectivity index (χ0v) is 10.1. The summed E-state index contributed by atoms with van der Waals surface area (Å²) in [5.41, 5.74) is 5.66. The summed E-state index contributed by atoms with van der Waals surface area (Å²) in [6.07, 6.45) is 8.30. The maximum Gasteiger partial charge on any atom is 0.0589 e. The first-order valence-electron chi connectivity index (χ1n) is 6.31. The van der Waals surface area contributed by atoms with Crippen LogP contribution in [0.3, 0.4) is 0 Å². The van der Waals surface area contributed by atoms with Crippen LogP contribution in [0.2, 0.25) is 0 Å². The van der Waals surface area contributed by atoms with Gasteiger partial charge in [-0.1, -0.05) is 25.7 Å². The highest BCUT2D eigenvalue weighted by molar-refractivity contribution is 4.74. The number of nitrogens with zero attached hydrogens (tertiary/aromatic N) is 1. The minimum Gasteiger partial charge on any atom is -0.383 e. The predicted molar refractivity (Wildman–Crippen MR) is 64.0 cm³/mol. The van der Waals surface area contributed by atoms with Crippen LogP contribution in [0.1, 0.15) is 38.5 Å². The number of ether oxygens (including phenoxy) is 1. The van der Waals surface area contributed by atoms with Crippen molar-refractivity contribution in [1.29, 1.82) is 0 Å². The molecule has 0 unspecified atom stereocenters. The van der Waals surface area contributed by atoms with E-state index in [0.717, 1.165) is 32.3 Å². The van der Waals surface area contributed by atoms with Crippen molar-refractivity contribution in [3.05, 3.63) is 0 Å². The molecule has 0 atom stereocenters. The molecule has 3 heteroatoms. The number of hydrogen-bond acceptors (Lipinski definition) is 3. The molecule has 0 aromatic carbocycles. The molecular formula is C12H26N2O. The molecule has 1 saturated carbocycles. The van der Waals surface area contributed by atoms with Gasteiger partial charge in [-0.3, -0.25) is 4.90 Å². The third-order valence-corrected chi connectivity index (χ3v) is 3.34. The van der Waals surface area contributed by atoms with Crippen LogP contribution >= 0.6 is 0 Å². The van der Waals surface area contributed by atoms with Gasteiger partial charge in [-0.25, -0.2) is 0 Å². The minimum absolute atomic E-state index is 0.756. The number of rotatable bonds is 6. The van der Waals surface area contributed by atoms with E-state index in [1.165, 1.54) is 38.5 Å². The maximum atomic E-state index is 5.66. The number of nitrogens with two attached hydrogens (primary N) is 1. The van der Waals surface area contributed by atoms with Crippen molar-refractivity contribution in [2.24, 2.45) is 5.73 Å². The van der Waals surface area contributed by atoms with E-state index in [1.807, 2.05) is 0 Å². The largest absolute Gasteiger partial charge is 0.383 e. The van der Waals surface area contributed by atoms with Gasteiger partial charge in [0.2, 0.25) is 0 Å². The normalized spacial score (nSPS) is 19.4. The van der Waals surface area contributed by atoms with Crippen LogP contribution in [0.15, 0.2) is 0 Å². The van der Waals surface area contributed by atoms with Crippen molar-refractivity contribution >= 4 is 0 Å². The summed E-state index contributed by atoms with van der Waals surface area (Å²) in [6.45, 7) is 3.66. The molecule has 0 aliphatic heterocycles. The molecular weight excluding hydrogens is 188 g/mol. The third kappa shape index (κ3) is 4.96. The molecule has 0 aromatic rings. The quantitative estimate of drug-likeness (QED) is 0.683. The highest BCUT2D eigenvalue weighted by atomic mass is 16.5. The monoisotopic (exact) mass is 214 g/mol. The van der Waals surface area contributed by atoms with Crippen molar-refractivity contribution in [2.75, 3.05) is 33.4 Å². The topological polar surface area (TPSA) is 38.5 Å². The average Bonchev–Trinajstić information content (AvgIpc) is 2.52. The van der Waals surface area contributed by atoms with Crippen LogP contribution in [0.4, 0.5) is 0 Å². The van der Waals surface area contributed by atoms with Crippen LogP contribution in [-0.2, 0) is 4.74 Å². The van der Waals surface area contributed by atoms with Gasteiger partial charge >= 0.3 is 0 Å². The van der Waals surface area contributed by atoms with Gasteiger partial charge in [0.05, 0.1) is 6.61 Å². The zero-order chi connectivity index (χ0) is 10.9. The first kappa shape index (κ1) is 12.9. The van der Waals surface area contributed by atoms with Gasteiger partial charge in [0.25, 0.3) is 0 Å². The maximum absolute atomic E-state index is 5.66. The number of methoxy groups -OCH3 is 1. The summed E-state index contributed by atoms with van der Waals surface area (Å²) in [6, 6.07) is 0.756. The van der Waals surface area contributed by atoms with Crippen molar-refractivity contribution in [2.45, 2.75) is 44.6 Å². The van der Waals surface area contributed by atoms with Crippen LogP contribution in [0.25, 0.3) is 0 Å². The second kappa shape index (κ2) is 8.08. The fourth-order valence-corrected chi connectivity index (χ4v) is 2.47. The van der Waals surface area contributed by atoms with Gasteiger partial charge in [-0.2, -0.15) is 0 Å². The van der Waals surface area contributed by atoms with E-state index in [-0.39, 0.29) is 0 Å². The smallest absolute Gasteiger partial charge is 0.0589 e. The van der Waals surface area contributed by atoms with E-state index >= 15 is 0 Å². The molecule has 90 valence electrons. The Bertz CT molecular complexity index is 145. The molecule has 0 bridgehead atoms. The van der Waals surface area contributed by atoms with Crippen molar-refractivity contribution in [1.82, 2.24) is 4.90 Å². The highest BCUT2D eigenvalue weighted by Gasteiger charge is 2.18. The van der Waals surface area contributed by atoms with Crippen LogP contribution in [0, 0.1) is 0 Å². The van der Waals surface area contributed by atoms with E-state index in [9.17, 15) is 0 Å². The third-order valence-electron chi connectivity index (χ3n) is 3.34. The molecule has 15 heavy (non-hydrogen) atoms. The fourth-order valence-electron chi connectivity index (χ4n) is 2.47. The van der Waals surface area contributed by atoms with Gasteiger partial charge in [0, 0.05) is 32.8 Å². The molecule has 0 aromatic heterocycles. The Morgan fingerprint density at radius 3 is 2.33 bits per heavy atom. The van der Waals surface area contributed by atoms with E-state index in [0.29, 0.717) is 0 Å². The summed E-state index contributed by atoms with van der Waals surface area (Å²) >= 11 is 0. The molecule has 0 heterocycles. The molecule has 1 rings (SSSR count). The fraction of sp³-hybridized carbons (Fsp3) is 1.00. The van der Waals surface area contributed by atoms with Crippen LogP contribution in [0.5, 0.6) is 0 Å². The lowest BCUT2D eigenvalue weighted by Crippen LogP contribution is -2.40. The predicted octanol–water partition coefficient (Wildman–Crippen LogP) is 1.62. The summed E-state index contributed by atoms with van der Waals surface area (Å²) in [4.78, 5) is 2.52. The summed E-state index contributed by atoms with van der Waals surface area (Å²) in [5, 5.41) is 0. The molecule has 1 aliphatic rings. The Hall–Kier alpha value is -0.120. The minimum atomic E-state index is 0.756. The van der Waals surface area contributed by atoms with E-state index in [2.05, 4.69) is 4.90 Å². The molecule has 2 N–H and O–H groups in total. The Morgan fingerprint density at radius 2 is 1.80 bits per heavy atom. The van der Waals surface area contributed by atoms with Gasteiger partial charge in [-0.15, -0.1) is 0 Å². The second-order valence-corrected chi connectivity index (χ2v) is 4.46. The van der Waals surface area contributed by atoms with Crippen LogP contribution < -0.4 is 5.73 Å². The Morgan fingerprint density at radius 1 is 1.13 bits per heavy atom. The lowest BCUT2D eigenvalue weighted by Gasteiger charge is -2.30. The van der Waals surface area contributed by atoms with Gasteiger partial charge < -0.3 is 10.5 Å². The SMILES string of the molecule is COCCN(CCN)C1CCCCCC1. The summed E-state index contributed by atoms with van der Waals surface area (Å²) in [7, 11) is 1.77. The number of hydrogen-bond donors (Lipinski definition) is 1. The molecule has 1 fully saturated rings. The van der Waals surface area contributed by atoms with E-state index < -0.39 is 0 Å². The van der Waals surface area contributed by atoms with Crippen LogP contribution in [-0.4, -0.2) is 44.3 Å². The van der Waals surface area contributed by atoms with E-state index in [1.54, 1.807) is 7.11 Å². The average molecular weight is 214 g/mol. The van der Waals surface area contributed by atoms with Gasteiger partial charge in [0.1, 0.15) is 0 Å². The molecule has 0 saturated heterocycles. The van der Waals surface area contributed by atoms with Crippen molar-refractivity contribution < 1.29 is 4.74 Å². The lowest BCUT2D eigenvalue weighted by atomic mass is 10.1. The standard InChI is InChI=1S/C12H26N2O/c1-15-11-10-14(9-8-13)12-6-4-2-3-5-7-12/h12H,2-11,13H2,1H3. The summed E-state index contributed by atoms with van der Waals surface area (Å²) in [5.74, 6) is 0. The second-order valence-electron chi connectivity index (χ2n) is 4.46.